The third-order valence-electron chi connectivity index (χ3n) is 3.73. The Balaban J connectivity index is 2.32. The molecule has 17 heavy (non-hydrogen) atoms. The largest absolute Gasteiger partial charge is 0.479 e. The number of aliphatic carboxylic acids is 1. The van der Waals surface area contributed by atoms with Crippen molar-refractivity contribution < 1.29 is 9.90 Å². The molecular weight excluding hydrogens is 216 g/mol. The van der Waals surface area contributed by atoms with Gasteiger partial charge in [0.2, 0.25) is 0 Å². The fourth-order valence-electron chi connectivity index (χ4n) is 2.68. The van der Waals surface area contributed by atoms with Crippen molar-refractivity contribution in [2.45, 2.75) is 57.4 Å². The highest BCUT2D eigenvalue weighted by Gasteiger charge is 2.40. The first-order valence-corrected chi connectivity index (χ1v) is 6.40. The Bertz CT molecular complexity index is 390. The molecule has 0 unspecified atom stereocenters. The number of carboxylic acids is 1. The molecule has 0 amide bonds. The molecule has 1 aromatic heterocycles. The molecule has 1 aliphatic rings. The first-order valence-electron chi connectivity index (χ1n) is 6.40. The molecule has 94 valence electrons. The minimum atomic E-state index is -0.811. The van der Waals surface area contributed by atoms with E-state index in [1.54, 1.807) is 10.9 Å². The number of aryl methyl sites for hydroxylation is 1. The molecule has 0 bridgehead atoms. The average molecular weight is 236 g/mol. The lowest BCUT2D eigenvalue weighted by Gasteiger charge is -2.31. The molecule has 4 heteroatoms. The molecule has 1 N–H and O–H groups in total. The van der Waals surface area contributed by atoms with Crippen LogP contribution in [-0.2, 0) is 10.3 Å². The van der Waals surface area contributed by atoms with Gasteiger partial charge in [0.1, 0.15) is 0 Å². The van der Waals surface area contributed by atoms with Crippen molar-refractivity contribution in [3.05, 3.63) is 18.0 Å². The highest BCUT2D eigenvalue weighted by molar-refractivity contribution is 5.76. The van der Waals surface area contributed by atoms with Gasteiger partial charge >= 0.3 is 5.97 Å². The van der Waals surface area contributed by atoms with Crippen LogP contribution in [0.4, 0.5) is 0 Å². The molecule has 2 rings (SSSR count). The van der Waals surface area contributed by atoms with Crippen molar-refractivity contribution in [3.63, 3.8) is 0 Å². The Labute approximate surface area is 102 Å². The lowest BCUT2D eigenvalue weighted by atomic mass is 9.84. The van der Waals surface area contributed by atoms with Gasteiger partial charge in [-0.25, -0.2) is 4.79 Å². The van der Waals surface area contributed by atoms with E-state index in [9.17, 15) is 9.90 Å². The summed E-state index contributed by atoms with van der Waals surface area (Å²) in [6.45, 7) is 1.95. The molecule has 0 aliphatic heterocycles. The van der Waals surface area contributed by atoms with Gasteiger partial charge in [0.15, 0.2) is 5.54 Å². The first-order chi connectivity index (χ1) is 8.15. The number of carboxylic acid groups (broad SMARTS) is 1. The van der Waals surface area contributed by atoms with Gasteiger partial charge in [-0.1, -0.05) is 32.1 Å². The van der Waals surface area contributed by atoms with Crippen LogP contribution in [0.2, 0.25) is 0 Å². The molecule has 0 saturated heterocycles. The Hall–Kier alpha value is -1.32. The van der Waals surface area contributed by atoms with Crippen LogP contribution in [0.15, 0.2) is 12.4 Å². The van der Waals surface area contributed by atoms with E-state index in [1.165, 1.54) is 6.42 Å². The second-order valence-corrected chi connectivity index (χ2v) is 5.07. The molecule has 1 fully saturated rings. The van der Waals surface area contributed by atoms with Crippen LogP contribution in [0.3, 0.4) is 0 Å². The van der Waals surface area contributed by atoms with E-state index in [4.69, 9.17) is 0 Å². The number of carbonyl (C=O) groups is 1. The summed E-state index contributed by atoms with van der Waals surface area (Å²) >= 11 is 0. The minimum Gasteiger partial charge on any atom is -0.479 e. The van der Waals surface area contributed by atoms with Gasteiger partial charge in [0.05, 0.1) is 6.20 Å². The fourth-order valence-corrected chi connectivity index (χ4v) is 2.68. The number of aromatic nitrogens is 2. The van der Waals surface area contributed by atoms with Gasteiger partial charge in [0.25, 0.3) is 0 Å². The smallest absolute Gasteiger partial charge is 0.331 e. The highest BCUT2D eigenvalue weighted by Crippen LogP contribution is 2.33. The summed E-state index contributed by atoms with van der Waals surface area (Å²) in [6.07, 6.45) is 10.4. The topological polar surface area (TPSA) is 55.1 Å². The molecule has 1 heterocycles. The maximum absolute atomic E-state index is 11.7. The summed E-state index contributed by atoms with van der Waals surface area (Å²) in [5.41, 5.74) is 0.210. The van der Waals surface area contributed by atoms with E-state index in [0.717, 1.165) is 31.2 Å². The second-order valence-electron chi connectivity index (χ2n) is 5.07. The molecule has 0 atom stereocenters. The third kappa shape index (κ3) is 2.35. The number of nitrogens with zero attached hydrogens (tertiary/aromatic N) is 2. The quantitative estimate of drug-likeness (QED) is 0.859. The van der Waals surface area contributed by atoms with Gasteiger partial charge in [-0.3, -0.25) is 4.68 Å². The van der Waals surface area contributed by atoms with Crippen LogP contribution < -0.4 is 0 Å². The summed E-state index contributed by atoms with van der Waals surface area (Å²) < 4.78 is 1.68. The Morgan fingerprint density at radius 1 is 1.29 bits per heavy atom. The normalized spacial score (nSPS) is 20.5. The van der Waals surface area contributed by atoms with Crippen molar-refractivity contribution in [1.82, 2.24) is 9.78 Å². The zero-order chi connectivity index (χ0) is 12.3. The van der Waals surface area contributed by atoms with E-state index in [-0.39, 0.29) is 0 Å². The molecule has 1 saturated carbocycles. The van der Waals surface area contributed by atoms with Crippen LogP contribution in [0, 0.1) is 6.92 Å². The predicted octanol–water partition coefficient (Wildman–Crippen LogP) is 2.72. The van der Waals surface area contributed by atoms with Crippen LogP contribution in [0.25, 0.3) is 0 Å². The van der Waals surface area contributed by atoms with E-state index >= 15 is 0 Å². The molecule has 0 aromatic carbocycles. The Kier molecular flexibility index (Phi) is 3.50. The summed E-state index contributed by atoms with van der Waals surface area (Å²) in [5.74, 6) is -0.734. The van der Waals surface area contributed by atoms with Crippen molar-refractivity contribution in [2.24, 2.45) is 0 Å². The van der Waals surface area contributed by atoms with E-state index in [0.29, 0.717) is 12.8 Å². The summed E-state index contributed by atoms with van der Waals surface area (Å²) in [5, 5.41) is 13.8. The van der Waals surface area contributed by atoms with Gasteiger partial charge in [-0.05, 0) is 25.3 Å². The van der Waals surface area contributed by atoms with Crippen molar-refractivity contribution in [3.8, 4) is 0 Å². The lowest BCUT2D eigenvalue weighted by molar-refractivity contribution is -0.149. The van der Waals surface area contributed by atoms with Gasteiger partial charge in [-0.15, -0.1) is 0 Å². The molecule has 1 aliphatic carbocycles. The zero-order valence-electron chi connectivity index (χ0n) is 10.4. The Morgan fingerprint density at radius 3 is 2.35 bits per heavy atom. The van der Waals surface area contributed by atoms with Crippen LogP contribution >= 0.6 is 0 Å². The van der Waals surface area contributed by atoms with Crippen LogP contribution in [0.1, 0.15) is 50.5 Å². The fraction of sp³-hybridized carbons (Fsp3) is 0.692. The van der Waals surface area contributed by atoms with E-state index < -0.39 is 11.5 Å². The molecule has 4 nitrogen and oxygen atoms in total. The molecule has 0 radical (unpaired) electrons. The second kappa shape index (κ2) is 4.90. The number of hydrogen-bond acceptors (Lipinski definition) is 2. The molecule has 1 aromatic rings. The number of rotatable bonds is 2. The lowest BCUT2D eigenvalue weighted by Crippen LogP contribution is -2.42. The third-order valence-corrected chi connectivity index (χ3v) is 3.73. The summed E-state index contributed by atoms with van der Waals surface area (Å²) in [6, 6.07) is 0. The highest BCUT2D eigenvalue weighted by atomic mass is 16.4. The number of hydrogen-bond donors (Lipinski definition) is 1. The maximum atomic E-state index is 11.7. The van der Waals surface area contributed by atoms with Crippen molar-refractivity contribution in [1.29, 1.82) is 0 Å². The monoisotopic (exact) mass is 236 g/mol. The minimum absolute atomic E-state index is 0.698. The van der Waals surface area contributed by atoms with Gasteiger partial charge in [0, 0.05) is 6.20 Å². The molecular formula is C13H20N2O2. The SMILES string of the molecule is Cc1cnn(C2(C(=O)O)CCCCCCC2)c1. The van der Waals surface area contributed by atoms with Crippen molar-refractivity contribution >= 4 is 5.97 Å². The van der Waals surface area contributed by atoms with Crippen LogP contribution in [-0.4, -0.2) is 20.9 Å². The maximum Gasteiger partial charge on any atom is 0.331 e. The first kappa shape index (κ1) is 12.1. The van der Waals surface area contributed by atoms with Crippen LogP contribution in [0.5, 0.6) is 0 Å². The van der Waals surface area contributed by atoms with E-state index in [2.05, 4.69) is 5.10 Å². The molecule has 0 spiro atoms. The predicted molar refractivity (Wildman–Crippen MR) is 64.9 cm³/mol. The van der Waals surface area contributed by atoms with Crippen molar-refractivity contribution in [2.75, 3.05) is 0 Å². The Morgan fingerprint density at radius 2 is 1.88 bits per heavy atom. The summed E-state index contributed by atoms with van der Waals surface area (Å²) in [7, 11) is 0. The van der Waals surface area contributed by atoms with Gasteiger partial charge in [-0.2, -0.15) is 5.10 Å². The summed E-state index contributed by atoms with van der Waals surface area (Å²) in [4.78, 5) is 11.7. The zero-order valence-corrected chi connectivity index (χ0v) is 10.4. The van der Waals surface area contributed by atoms with E-state index in [1.807, 2.05) is 13.1 Å². The van der Waals surface area contributed by atoms with Gasteiger partial charge < -0.3 is 5.11 Å². The average Bonchev–Trinajstić information content (AvgIpc) is 2.65. The standard InChI is InChI=1S/C13H20N2O2/c1-11-9-14-15(10-11)13(12(16)17)7-5-3-2-4-6-8-13/h9-10H,2-8H2,1H3,(H,16,17).